The second kappa shape index (κ2) is 5.15. The van der Waals surface area contributed by atoms with Crippen LogP contribution >= 0.6 is 11.6 Å². The molecule has 0 saturated heterocycles. The highest BCUT2D eigenvalue weighted by molar-refractivity contribution is 6.31. The molecule has 1 atom stereocenters. The second-order valence-corrected chi connectivity index (χ2v) is 6.63. The standard InChI is InChI=1S/C19H19ClN2/c1-12-7-8-17-15(11-12)13-9-10-22(2)19(18(13)21-17)14-5-3-4-6-16(14)20/h3-8,11,19,21H,9-10H2,1-2H3. The van der Waals surface area contributed by atoms with E-state index in [2.05, 4.69) is 54.2 Å². The number of H-pyrrole nitrogens is 1. The Labute approximate surface area is 135 Å². The van der Waals surface area contributed by atoms with E-state index >= 15 is 0 Å². The quantitative estimate of drug-likeness (QED) is 0.690. The molecule has 0 spiro atoms. The molecule has 0 saturated carbocycles. The van der Waals surface area contributed by atoms with E-state index in [-0.39, 0.29) is 6.04 Å². The topological polar surface area (TPSA) is 19.0 Å². The van der Waals surface area contributed by atoms with Crippen LogP contribution < -0.4 is 0 Å². The van der Waals surface area contributed by atoms with Crippen LogP contribution in [0.3, 0.4) is 0 Å². The Bertz CT molecular complexity index is 850. The van der Waals surface area contributed by atoms with Crippen LogP contribution in [0.2, 0.25) is 5.02 Å². The Morgan fingerprint density at radius 2 is 2.00 bits per heavy atom. The number of hydrogen-bond acceptors (Lipinski definition) is 1. The molecule has 2 nitrogen and oxygen atoms in total. The number of hydrogen-bond donors (Lipinski definition) is 1. The van der Waals surface area contributed by atoms with Crippen LogP contribution in [0.4, 0.5) is 0 Å². The van der Waals surface area contributed by atoms with Gasteiger partial charge in [-0.15, -0.1) is 0 Å². The van der Waals surface area contributed by atoms with Gasteiger partial charge in [0.25, 0.3) is 0 Å². The number of aryl methyl sites for hydroxylation is 1. The number of nitrogens with one attached hydrogen (secondary N) is 1. The van der Waals surface area contributed by atoms with E-state index in [1.165, 1.54) is 33.3 Å². The van der Waals surface area contributed by atoms with Crippen molar-refractivity contribution in [2.24, 2.45) is 0 Å². The minimum absolute atomic E-state index is 0.199. The first-order valence-electron chi connectivity index (χ1n) is 7.71. The lowest BCUT2D eigenvalue weighted by molar-refractivity contribution is 0.262. The average Bonchev–Trinajstić information content (AvgIpc) is 2.86. The van der Waals surface area contributed by atoms with Crippen LogP contribution in [0, 0.1) is 6.92 Å². The van der Waals surface area contributed by atoms with E-state index in [0.717, 1.165) is 18.0 Å². The summed E-state index contributed by atoms with van der Waals surface area (Å²) >= 11 is 6.47. The third kappa shape index (κ3) is 2.06. The molecule has 4 rings (SSSR count). The monoisotopic (exact) mass is 310 g/mol. The maximum atomic E-state index is 6.47. The molecule has 3 heteroatoms. The Kier molecular flexibility index (Phi) is 3.24. The van der Waals surface area contributed by atoms with Gasteiger partial charge < -0.3 is 4.98 Å². The van der Waals surface area contributed by atoms with Gasteiger partial charge in [0.1, 0.15) is 0 Å². The Balaban J connectivity index is 1.95. The number of rotatable bonds is 1. The normalized spacial score (nSPS) is 18.6. The van der Waals surface area contributed by atoms with Gasteiger partial charge in [-0.3, -0.25) is 4.90 Å². The van der Waals surface area contributed by atoms with Crippen molar-refractivity contribution in [1.29, 1.82) is 0 Å². The fourth-order valence-corrected chi connectivity index (χ4v) is 3.85. The zero-order chi connectivity index (χ0) is 15.3. The fourth-order valence-electron chi connectivity index (χ4n) is 3.61. The first-order chi connectivity index (χ1) is 10.6. The van der Waals surface area contributed by atoms with E-state index in [1.807, 2.05) is 12.1 Å². The van der Waals surface area contributed by atoms with Gasteiger partial charge in [-0.05, 0) is 49.7 Å². The van der Waals surface area contributed by atoms with Crippen LogP contribution in [0.5, 0.6) is 0 Å². The minimum Gasteiger partial charge on any atom is -0.357 e. The van der Waals surface area contributed by atoms with Crippen molar-refractivity contribution >= 4 is 22.5 Å². The van der Waals surface area contributed by atoms with Gasteiger partial charge >= 0.3 is 0 Å². The molecule has 3 aromatic rings. The van der Waals surface area contributed by atoms with Gasteiger partial charge in [0.15, 0.2) is 0 Å². The third-order valence-electron chi connectivity index (χ3n) is 4.72. The third-order valence-corrected chi connectivity index (χ3v) is 5.07. The molecule has 1 N–H and O–H groups in total. The maximum Gasteiger partial charge on any atom is 0.0769 e. The Hall–Kier alpha value is -1.77. The van der Waals surface area contributed by atoms with Crippen molar-refractivity contribution in [3.8, 4) is 0 Å². The lowest BCUT2D eigenvalue weighted by Crippen LogP contribution is -2.32. The van der Waals surface area contributed by atoms with Crippen LogP contribution in [-0.2, 0) is 6.42 Å². The van der Waals surface area contributed by atoms with Gasteiger partial charge in [0.05, 0.1) is 6.04 Å². The van der Waals surface area contributed by atoms with E-state index in [4.69, 9.17) is 11.6 Å². The predicted molar refractivity (Wildman–Crippen MR) is 92.7 cm³/mol. The summed E-state index contributed by atoms with van der Waals surface area (Å²) in [6.45, 7) is 3.20. The summed E-state index contributed by atoms with van der Waals surface area (Å²) in [6, 6.07) is 15.0. The van der Waals surface area contributed by atoms with Crippen LogP contribution in [0.15, 0.2) is 42.5 Å². The lowest BCUT2D eigenvalue weighted by Gasteiger charge is -2.33. The van der Waals surface area contributed by atoms with Crippen molar-refractivity contribution in [1.82, 2.24) is 9.88 Å². The van der Waals surface area contributed by atoms with Crippen molar-refractivity contribution in [2.75, 3.05) is 13.6 Å². The minimum atomic E-state index is 0.199. The van der Waals surface area contributed by atoms with Gasteiger partial charge in [-0.1, -0.05) is 41.4 Å². The zero-order valence-electron chi connectivity index (χ0n) is 12.9. The van der Waals surface area contributed by atoms with Gasteiger partial charge in [0.2, 0.25) is 0 Å². The number of aromatic nitrogens is 1. The largest absolute Gasteiger partial charge is 0.357 e. The summed E-state index contributed by atoms with van der Waals surface area (Å²) < 4.78 is 0. The van der Waals surface area contributed by atoms with Gasteiger partial charge in [-0.2, -0.15) is 0 Å². The molecule has 1 aromatic heterocycles. The molecule has 1 aliphatic rings. The summed E-state index contributed by atoms with van der Waals surface area (Å²) in [4.78, 5) is 6.03. The number of aromatic amines is 1. The smallest absolute Gasteiger partial charge is 0.0769 e. The predicted octanol–water partition coefficient (Wildman–Crippen LogP) is 4.71. The molecule has 1 unspecified atom stereocenters. The first-order valence-corrected chi connectivity index (χ1v) is 8.08. The molecular formula is C19H19ClN2. The van der Waals surface area contributed by atoms with E-state index in [1.54, 1.807) is 0 Å². The second-order valence-electron chi connectivity index (χ2n) is 6.22. The van der Waals surface area contributed by atoms with E-state index in [0.29, 0.717) is 0 Å². The first kappa shape index (κ1) is 13.9. The molecule has 0 aliphatic carbocycles. The van der Waals surface area contributed by atoms with Crippen LogP contribution in [0.25, 0.3) is 10.9 Å². The molecule has 0 amide bonds. The number of benzene rings is 2. The highest BCUT2D eigenvalue weighted by Crippen LogP contribution is 2.39. The highest BCUT2D eigenvalue weighted by Gasteiger charge is 2.30. The maximum absolute atomic E-state index is 6.47. The van der Waals surface area contributed by atoms with Gasteiger partial charge in [-0.25, -0.2) is 0 Å². The van der Waals surface area contributed by atoms with E-state index in [9.17, 15) is 0 Å². The lowest BCUT2D eigenvalue weighted by atomic mass is 9.92. The van der Waals surface area contributed by atoms with Gasteiger partial charge in [0, 0.05) is 28.2 Å². The summed E-state index contributed by atoms with van der Waals surface area (Å²) in [6.07, 6.45) is 1.08. The summed E-state index contributed by atoms with van der Waals surface area (Å²) in [7, 11) is 2.17. The van der Waals surface area contributed by atoms with E-state index < -0.39 is 0 Å². The molecule has 2 aromatic carbocycles. The number of likely N-dealkylation sites (N-methyl/N-ethyl adjacent to an activating group) is 1. The highest BCUT2D eigenvalue weighted by atomic mass is 35.5. The summed E-state index contributed by atoms with van der Waals surface area (Å²) in [5.41, 5.74) is 6.45. The number of halogens is 1. The molecular weight excluding hydrogens is 292 g/mol. The molecule has 112 valence electrons. The van der Waals surface area contributed by atoms with Crippen molar-refractivity contribution in [2.45, 2.75) is 19.4 Å². The Morgan fingerprint density at radius 1 is 1.18 bits per heavy atom. The van der Waals surface area contributed by atoms with Crippen LogP contribution in [0.1, 0.15) is 28.4 Å². The summed E-state index contributed by atoms with van der Waals surface area (Å²) in [5, 5.41) is 2.20. The molecule has 2 heterocycles. The van der Waals surface area contributed by atoms with Crippen molar-refractivity contribution < 1.29 is 0 Å². The molecule has 0 radical (unpaired) electrons. The van der Waals surface area contributed by atoms with Crippen LogP contribution in [-0.4, -0.2) is 23.5 Å². The summed E-state index contributed by atoms with van der Waals surface area (Å²) in [5.74, 6) is 0. The fraction of sp³-hybridized carbons (Fsp3) is 0.263. The Morgan fingerprint density at radius 3 is 2.82 bits per heavy atom. The molecule has 22 heavy (non-hydrogen) atoms. The number of nitrogens with zero attached hydrogens (tertiary/aromatic N) is 1. The molecule has 0 bridgehead atoms. The van der Waals surface area contributed by atoms with Crippen molar-refractivity contribution in [3.05, 3.63) is 69.9 Å². The number of fused-ring (bicyclic) bond motifs is 3. The molecule has 0 fully saturated rings. The SMILES string of the molecule is Cc1ccc2[nH]c3c(c2c1)CCN(C)C3c1ccccc1Cl. The average molecular weight is 311 g/mol. The zero-order valence-corrected chi connectivity index (χ0v) is 13.6. The van der Waals surface area contributed by atoms with Crippen molar-refractivity contribution in [3.63, 3.8) is 0 Å². The molecule has 1 aliphatic heterocycles.